The van der Waals surface area contributed by atoms with Crippen LogP contribution in [-0.2, 0) is 4.74 Å². The molecular formula is C14H23NO2. The molecule has 0 fully saturated rings. The summed E-state index contributed by atoms with van der Waals surface area (Å²) in [7, 11) is 0. The second-order valence-electron chi connectivity index (χ2n) is 4.72. The Hall–Kier alpha value is -1.06. The minimum absolute atomic E-state index is 0.159. The van der Waals surface area contributed by atoms with Gasteiger partial charge < -0.3 is 15.2 Å². The third-order valence-electron chi connectivity index (χ3n) is 2.67. The summed E-state index contributed by atoms with van der Waals surface area (Å²) in [5, 5.41) is 12.9. The zero-order valence-electron chi connectivity index (χ0n) is 11.2. The van der Waals surface area contributed by atoms with Gasteiger partial charge in [0.2, 0.25) is 0 Å². The highest BCUT2D eigenvalue weighted by Crippen LogP contribution is 2.13. The van der Waals surface area contributed by atoms with E-state index in [1.807, 2.05) is 19.9 Å². The summed E-state index contributed by atoms with van der Waals surface area (Å²) in [4.78, 5) is 0. The number of aliphatic hydroxyl groups is 1. The van der Waals surface area contributed by atoms with Crippen molar-refractivity contribution in [1.82, 2.24) is 0 Å². The van der Waals surface area contributed by atoms with Crippen molar-refractivity contribution in [2.45, 2.75) is 39.9 Å². The Morgan fingerprint density at radius 1 is 1.24 bits per heavy atom. The molecular weight excluding hydrogens is 214 g/mol. The second kappa shape index (κ2) is 6.62. The maximum Gasteiger partial charge on any atom is 0.0945 e. The Labute approximate surface area is 104 Å². The summed E-state index contributed by atoms with van der Waals surface area (Å²) >= 11 is 0. The van der Waals surface area contributed by atoms with Crippen LogP contribution < -0.4 is 5.32 Å². The van der Waals surface area contributed by atoms with Crippen LogP contribution in [0.25, 0.3) is 0 Å². The molecule has 1 aromatic rings. The first-order valence-electron chi connectivity index (χ1n) is 6.10. The molecule has 1 atom stereocenters. The molecule has 1 aromatic carbocycles. The number of aliphatic hydroxyl groups excluding tert-OH is 1. The Morgan fingerprint density at radius 2 is 1.94 bits per heavy atom. The summed E-state index contributed by atoms with van der Waals surface area (Å²) in [5.74, 6) is 0. The van der Waals surface area contributed by atoms with Gasteiger partial charge >= 0.3 is 0 Å². The van der Waals surface area contributed by atoms with Gasteiger partial charge in [-0.05, 0) is 51.0 Å². The highest BCUT2D eigenvalue weighted by atomic mass is 16.5. The molecule has 96 valence electrons. The summed E-state index contributed by atoms with van der Waals surface area (Å²) in [6.45, 7) is 8.97. The van der Waals surface area contributed by atoms with E-state index >= 15 is 0 Å². The third kappa shape index (κ3) is 5.20. The number of aryl methyl sites for hydroxylation is 2. The van der Waals surface area contributed by atoms with Gasteiger partial charge in [-0.25, -0.2) is 0 Å². The molecule has 1 unspecified atom stereocenters. The van der Waals surface area contributed by atoms with Gasteiger partial charge in [-0.1, -0.05) is 6.07 Å². The zero-order chi connectivity index (χ0) is 12.8. The number of nitrogens with one attached hydrogen (secondary N) is 1. The van der Waals surface area contributed by atoms with Gasteiger partial charge in [-0.2, -0.15) is 0 Å². The van der Waals surface area contributed by atoms with Crippen LogP contribution in [0.5, 0.6) is 0 Å². The quantitative estimate of drug-likeness (QED) is 0.798. The Kier molecular flexibility index (Phi) is 5.45. The molecule has 0 bridgehead atoms. The van der Waals surface area contributed by atoms with Crippen molar-refractivity contribution in [3.63, 3.8) is 0 Å². The van der Waals surface area contributed by atoms with Crippen LogP contribution in [0.3, 0.4) is 0 Å². The third-order valence-corrected chi connectivity index (χ3v) is 2.67. The lowest BCUT2D eigenvalue weighted by atomic mass is 10.1. The maximum absolute atomic E-state index is 9.70. The van der Waals surface area contributed by atoms with Crippen molar-refractivity contribution in [3.05, 3.63) is 29.3 Å². The predicted molar refractivity (Wildman–Crippen MR) is 71.5 cm³/mol. The number of hydrogen-bond donors (Lipinski definition) is 2. The van der Waals surface area contributed by atoms with E-state index in [1.165, 1.54) is 11.1 Å². The van der Waals surface area contributed by atoms with Crippen LogP contribution in [0.4, 0.5) is 5.69 Å². The van der Waals surface area contributed by atoms with Gasteiger partial charge in [0.05, 0.1) is 18.8 Å². The van der Waals surface area contributed by atoms with Crippen molar-refractivity contribution in [3.8, 4) is 0 Å². The number of hydrogen-bond acceptors (Lipinski definition) is 3. The average molecular weight is 237 g/mol. The van der Waals surface area contributed by atoms with Crippen molar-refractivity contribution in [1.29, 1.82) is 0 Å². The largest absolute Gasteiger partial charge is 0.389 e. The fraction of sp³-hybridized carbons (Fsp3) is 0.571. The monoisotopic (exact) mass is 237 g/mol. The molecule has 0 heterocycles. The van der Waals surface area contributed by atoms with E-state index in [0.717, 1.165) is 5.69 Å². The van der Waals surface area contributed by atoms with E-state index in [2.05, 4.69) is 31.3 Å². The van der Waals surface area contributed by atoms with E-state index in [1.54, 1.807) is 0 Å². The molecule has 2 N–H and O–H groups in total. The normalized spacial score (nSPS) is 12.8. The molecule has 17 heavy (non-hydrogen) atoms. The lowest BCUT2D eigenvalue weighted by Gasteiger charge is -2.15. The summed E-state index contributed by atoms with van der Waals surface area (Å²) in [6, 6.07) is 6.19. The van der Waals surface area contributed by atoms with E-state index in [0.29, 0.717) is 13.2 Å². The van der Waals surface area contributed by atoms with Crippen LogP contribution in [0, 0.1) is 13.8 Å². The highest BCUT2D eigenvalue weighted by Gasteiger charge is 2.05. The van der Waals surface area contributed by atoms with Gasteiger partial charge in [0.1, 0.15) is 0 Å². The van der Waals surface area contributed by atoms with E-state index in [-0.39, 0.29) is 6.10 Å². The topological polar surface area (TPSA) is 41.5 Å². The first-order chi connectivity index (χ1) is 7.99. The standard InChI is InChI=1S/C14H23NO2/c1-10(2)17-9-14(16)8-15-13-6-5-11(3)12(4)7-13/h5-7,10,14-16H,8-9H2,1-4H3. The number of anilines is 1. The molecule has 0 amide bonds. The number of rotatable bonds is 6. The van der Waals surface area contributed by atoms with Gasteiger partial charge in [0.15, 0.2) is 0 Å². The molecule has 0 aromatic heterocycles. The van der Waals surface area contributed by atoms with Crippen LogP contribution in [0.2, 0.25) is 0 Å². The average Bonchev–Trinajstić information content (AvgIpc) is 2.28. The molecule has 1 rings (SSSR count). The fourth-order valence-electron chi connectivity index (χ4n) is 1.45. The first-order valence-corrected chi connectivity index (χ1v) is 6.10. The second-order valence-corrected chi connectivity index (χ2v) is 4.72. The van der Waals surface area contributed by atoms with Gasteiger partial charge in [-0.15, -0.1) is 0 Å². The van der Waals surface area contributed by atoms with Gasteiger partial charge in [0.25, 0.3) is 0 Å². The minimum atomic E-state index is -0.473. The van der Waals surface area contributed by atoms with Crippen LogP contribution in [-0.4, -0.2) is 30.5 Å². The number of benzene rings is 1. The molecule has 0 aliphatic carbocycles. The maximum atomic E-state index is 9.70. The molecule has 0 spiro atoms. The minimum Gasteiger partial charge on any atom is -0.389 e. The summed E-state index contributed by atoms with van der Waals surface area (Å²) in [5.41, 5.74) is 3.57. The van der Waals surface area contributed by atoms with Crippen LogP contribution in [0.1, 0.15) is 25.0 Å². The first kappa shape index (κ1) is 14.0. The molecule has 0 saturated heterocycles. The zero-order valence-corrected chi connectivity index (χ0v) is 11.2. The van der Waals surface area contributed by atoms with Crippen molar-refractivity contribution >= 4 is 5.69 Å². The van der Waals surface area contributed by atoms with Crippen molar-refractivity contribution in [2.24, 2.45) is 0 Å². The van der Waals surface area contributed by atoms with E-state index in [9.17, 15) is 5.11 Å². The lowest BCUT2D eigenvalue weighted by Crippen LogP contribution is -2.26. The number of ether oxygens (including phenoxy) is 1. The molecule has 3 nitrogen and oxygen atoms in total. The van der Waals surface area contributed by atoms with Crippen molar-refractivity contribution < 1.29 is 9.84 Å². The molecule has 0 radical (unpaired) electrons. The Morgan fingerprint density at radius 3 is 2.53 bits per heavy atom. The van der Waals surface area contributed by atoms with E-state index in [4.69, 9.17) is 4.74 Å². The molecule has 0 aliphatic rings. The van der Waals surface area contributed by atoms with Gasteiger partial charge in [0, 0.05) is 12.2 Å². The van der Waals surface area contributed by atoms with Crippen LogP contribution >= 0.6 is 0 Å². The lowest BCUT2D eigenvalue weighted by molar-refractivity contribution is 0.0112. The summed E-state index contributed by atoms with van der Waals surface area (Å²) < 4.78 is 5.34. The Bertz CT molecular complexity index is 350. The van der Waals surface area contributed by atoms with Crippen LogP contribution in [0.15, 0.2) is 18.2 Å². The smallest absolute Gasteiger partial charge is 0.0945 e. The SMILES string of the molecule is Cc1ccc(NCC(O)COC(C)C)cc1C. The van der Waals surface area contributed by atoms with E-state index < -0.39 is 6.10 Å². The van der Waals surface area contributed by atoms with Gasteiger partial charge in [-0.3, -0.25) is 0 Å². The fourth-order valence-corrected chi connectivity index (χ4v) is 1.45. The van der Waals surface area contributed by atoms with Crippen molar-refractivity contribution in [2.75, 3.05) is 18.5 Å². The molecule has 0 saturated carbocycles. The predicted octanol–water partition coefficient (Wildman–Crippen LogP) is 2.50. The molecule has 0 aliphatic heterocycles. The molecule has 3 heteroatoms. The highest BCUT2D eigenvalue weighted by molar-refractivity contribution is 5.48. The summed E-state index contributed by atoms with van der Waals surface area (Å²) in [6.07, 6.45) is -0.315. The Balaban J connectivity index is 2.36.